The maximum atomic E-state index is 11.6. The molecule has 86 valence electrons. The van der Waals surface area contributed by atoms with Gasteiger partial charge in [-0.15, -0.1) is 0 Å². The molecule has 0 radical (unpaired) electrons. The van der Waals surface area contributed by atoms with E-state index in [0.717, 1.165) is 4.90 Å². The number of hydrogen-bond acceptors (Lipinski definition) is 6. The molecule has 2 heterocycles. The van der Waals surface area contributed by atoms with Gasteiger partial charge >= 0.3 is 0 Å². The Balaban J connectivity index is 2.14. The van der Waals surface area contributed by atoms with Crippen molar-refractivity contribution in [3.63, 3.8) is 0 Å². The summed E-state index contributed by atoms with van der Waals surface area (Å²) < 4.78 is 0. The molecule has 0 aromatic carbocycles. The van der Waals surface area contributed by atoms with E-state index in [1.807, 2.05) is 6.07 Å². The summed E-state index contributed by atoms with van der Waals surface area (Å²) >= 11 is 0. The first-order valence-electron chi connectivity index (χ1n) is 4.92. The summed E-state index contributed by atoms with van der Waals surface area (Å²) in [6.45, 7) is 0. The fourth-order valence-electron chi connectivity index (χ4n) is 1.51. The highest BCUT2D eigenvalue weighted by atomic mass is 16.2. The number of carbonyl (C=O) groups is 2. The number of nitriles is 1. The van der Waals surface area contributed by atoms with Crippen molar-refractivity contribution >= 4 is 17.8 Å². The zero-order valence-electron chi connectivity index (χ0n) is 9.04. The van der Waals surface area contributed by atoms with Crippen LogP contribution in [0.4, 0.5) is 5.95 Å². The molecule has 17 heavy (non-hydrogen) atoms. The lowest BCUT2D eigenvalue weighted by molar-refractivity contribution is -0.136. The fraction of sp³-hybridized carbons (Fsp3) is 0.300. The Morgan fingerprint density at radius 2 is 2.35 bits per heavy atom. The van der Waals surface area contributed by atoms with Crippen LogP contribution in [-0.4, -0.2) is 39.8 Å². The average Bonchev–Trinajstić information content (AvgIpc) is 2.57. The van der Waals surface area contributed by atoms with Gasteiger partial charge in [0.15, 0.2) is 0 Å². The summed E-state index contributed by atoms with van der Waals surface area (Å²) in [6, 6.07) is 2.67. The van der Waals surface area contributed by atoms with Gasteiger partial charge in [0.25, 0.3) is 5.91 Å². The standard InChI is InChI=1S/C10H9N5O2/c1-15-8(16)4-7(9(15)17)14-10-12-3-2-6(5-11)13-10/h2-3,7H,4H2,1H3,(H,12,13,14). The van der Waals surface area contributed by atoms with Crippen LogP contribution in [0.5, 0.6) is 0 Å². The fourth-order valence-corrected chi connectivity index (χ4v) is 1.51. The van der Waals surface area contributed by atoms with Gasteiger partial charge in [-0.25, -0.2) is 9.97 Å². The Hall–Kier alpha value is -2.49. The monoisotopic (exact) mass is 231 g/mol. The molecule has 1 atom stereocenters. The Bertz CT molecular complexity index is 522. The van der Waals surface area contributed by atoms with Gasteiger partial charge in [-0.2, -0.15) is 5.26 Å². The second kappa shape index (κ2) is 4.17. The van der Waals surface area contributed by atoms with Crippen molar-refractivity contribution < 1.29 is 9.59 Å². The van der Waals surface area contributed by atoms with Gasteiger partial charge in [0.2, 0.25) is 11.9 Å². The van der Waals surface area contributed by atoms with Crippen LogP contribution >= 0.6 is 0 Å². The van der Waals surface area contributed by atoms with Gasteiger partial charge in [0, 0.05) is 13.2 Å². The van der Waals surface area contributed by atoms with E-state index in [4.69, 9.17) is 5.26 Å². The molecule has 0 bridgehead atoms. The Kier molecular flexibility index (Phi) is 2.70. The SMILES string of the molecule is CN1C(=O)CC(Nc2nccc(C#N)n2)C1=O. The predicted octanol–water partition coefficient (Wildman–Crippen LogP) is -0.483. The first-order valence-corrected chi connectivity index (χ1v) is 4.92. The lowest BCUT2D eigenvalue weighted by Gasteiger charge is -2.10. The van der Waals surface area contributed by atoms with Gasteiger partial charge in [0.1, 0.15) is 17.8 Å². The van der Waals surface area contributed by atoms with Crippen molar-refractivity contribution in [1.29, 1.82) is 5.26 Å². The van der Waals surface area contributed by atoms with Crippen molar-refractivity contribution in [1.82, 2.24) is 14.9 Å². The van der Waals surface area contributed by atoms with E-state index in [9.17, 15) is 9.59 Å². The number of aromatic nitrogens is 2. The summed E-state index contributed by atoms with van der Waals surface area (Å²) in [5, 5.41) is 11.4. The number of likely N-dealkylation sites (tertiary alicyclic amines) is 1. The van der Waals surface area contributed by atoms with Crippen LogP contribution in [0.15, 0.2) is 12.3 Å². The quantitative estimate of drug-likeness (QED) is 0.690. The molecule has 1 saturated heterocycles. The van der Waals surface area contributed by atoms with Crippen LogP contribution < -0.4 is 5.32 Å². The van der Waals surface area contributed by atoms with Crippen LogP contribution in [0.25, 0.3) is 0 Å². The largest absolute Gasteiger partial charge is 0.342 e. The number of nitrogens with one attached hydrogen (secondary N) is 1. The van der Waals surface area contributed by atoms with Crippen LogP contribution in [0.1, 0.15) is 12.1 Å². The van der Waals surface area contributed by atoms with Crippen molar-refractivity contribution in [2.45, 2.75) is 12.5 Å². The number of rotatable bonds is 2. The smallest absolute Gasteiger partial charge is 0.252 e. The second-order valence-electron chi connectivity index (χ2n) is 3.57. The summed E-state index contributed by atoms with van der Waals surface area (Å²) in [7, 11) is 1.43. The third kappa shape index (κ3) is 2.06. The van der Waals surface area contributed by atoms with E-state index in [1.165, 1.54) is 19.3 Å². The maximum absolute atomic E-state index is 11.6. The summed E-state index contributed by atoms with van der Waals surface area (Å²) in [4.78, 5) is 31.7. The molecule has 2 amide bonds. The lowest BCUT2D eigenvalue weighted by atomic mass is 10.2. The topological polar surface area (TPSA) is 99.0 Å². The molecule has 0 aliphatic carbocycles. The van der Waals surface area contributed by atoms with E-state index < -0.39 is 6.04 Å². The highest BCUT2D eigenvalue weighted by Gasteiger charge is 2.36. The van der Waals surface area contributed by atoms with Crippen LogP contribution in [0.2, 0.25) is 0 Å². The van der Waals surface area contributed by atoms with Crippen LogP contribution in [0, 0.1) is 11.3 Å². The van der Waals surface area contributed by atoms with E-state index in [1.54, 1.807) is 0 Å². The number of hydrogen-bond donors (Lipinski definition) is 1. The molecule has 1 aromatic heterocycles. The minimum absolute atomic E-state index is 0.0788. The highest BCUT2D eigenvalue weighted by molar-refractivity contribution is 6.06. The van der Waals surface area contributed by atoms with Crippen LogP contribution in [-0.2, 0) is 9.59 Å². The molecular formula is C10H9N5O2. The number of nitrogens with zero attached hydrogens (tertiary/aromatic N) is 4. The van der Waals surface area contributed by atoms with Crippen molar-refractivity contribution in [3.8, 4) is 6.07 Å². The van der Waals surface area contributed by atoms with Gasteiger partial charge in [-0.3, -0.25) is 14.5 Å². The third-order valence-corrected chi connectivity index (χ3v) is 2.45. The zero-order valence-corrected chi connectivity index (χ0v) is 9.04. The normalized spacial score (nSPS) is 19.3. The highest BCUT2D eigenvalue weighted by Crippen LogP contribution is 2.14. The van der Waals surface area contributed by atoms with Gasteiger partial charge < -0.3 is 5.32 Å². The van der Waals surface area contributed by atoms with Crippen molar-refractivity contribution in [3.05, 3.63) is 18.0 Å². The third-order valence-electron chi connectivity index (χ3n) is 2.45. The molecule has 1 unspecified atom stereocenters. The minimum Gasteiger partial charge on any atom is -0.342 e. The van der Waals surface area contributed by atoms with E-state index in [-0.39, 0.29) is 29.9 Å². The lowest BCUT2D eigenvalue weighted by Crippen LogP contribution is -2.32. The van der Waals surface area contributed by atoms with Crippen molar-refractivity contribution in [2.24, 2.45) is 0 Å². The number of likely N-dealkylation sites (N-methyl/N-ethyl adjacent to an activating group) is 1. The molecule has 0 spiro atoms. The molecule has 0 saturated carbocycles. The molecule has 7 nitrogen and oxygen atoms in total. The molecule has 1 fully saturated rings. The van der Waals surface area contributed by atoms with E-state index >= 15 is 0 Å². The van der Waals surface area contributed by atoms with Crippen molar-refractivity contribution in [2.75, 3.05) is 12.4 Å². The first-order chi connectivity index (χ1) is 8.11. The molecule has 2 rings (SSSR count). The van der Waals surface area contributed by atoms with Gasteiger partial charge in [-0.1, -0.05) is 0 Å². The molecular weight excluding hydrogens is 222 g/mol. The van der Waals surface area contributed by atoms with E-state index in [2.05, 4.69) is 15.3 Å². The summed E-state index contributed by atoms with van der Waals surface area (Å²) in [5.41, 5.74) is 0.202. The van der Waals surface area contributed by atoms with Gasteiger partial charge in [-0.05, 0) is 6.07 Å². The molecule has 7 heteroatoms. The number of anilines is 1. The number of imide groups is 1. The molecule has 1 aliphatic heterocycles. The Morgan fingerprint density at radius 1 is 1.59 bits per heavy atom. The van der Waals surface area contributed by atoms with Gasteiger partial charge in [0.05, 0.1) is 6.42 Å². The summed E-state index contributed by atoms with van der Waals surface area (Å²) in [5.74, 6) is -0.393. The average molecular weight is 231 g/mol. The Morgan fingerprint density at radius 3 is 2.94 bits per heavy atom. The Labute approximate surface area is 97.1 Å². The van der Waals surface area contributed by atoms with Crippen LogP contribution in [0.3, 0.4) is 0 Å². The summed E-state index contributed by atoms with van der Waals surface area (Å²) in [6.07, 6.45) is 1.49. The number of amides is 2. The van der Waals surface area contributed by atoms with E-state index in [0.29, 0.717) is 0 Å². The minimum atomic E-state index is -0.651. The number of carbonyl (C=O) groups excluding carboxylic acids is 2. The molecule has 1 aliphatic rings. The predicted molar refractivity (Wildman–Crippen MR) is 56.6 cm³/mol. The zero-order chi connectivity index (χ0) is 12.4. The molecule has 1 aromatic rings. The maximum Gasteiger partial charge on any atom is 0.252 e. The molecule has 1 N–H and O–H groups in total. The first kappa shape index (κ1) is 11.0. The second-order valence-corrected chi connectivity index (χ2v) is 3.57.